The first kappa shape index (κ1) is 11.3. The number of aryl methyl sites for hydroxylation is 1. The highest BCUT2D eigenvalue weighted by Gasteiger charge is 2.10. The number of carboxylic acids is 1. The third kappa shape index (κ3) is 2.37. The molecule has 0 amide bonds. The molecule has 80 valence electrons. The third-order valence-corrected chi connectivity index (χ3v) is 2.15. The maximum absolute atomic E-state index is 10.8. The van der Waals surface area contributed by atoms with Crippen molar-refractivity contribution in [2.24, 2.45) is 0 Å². The number of rotatable bonds is 3. The molecular formula is C12H14O3. The van der Waals surface area contributed by atoms with E-state index in [1.54, 1.807) is 6.07 Å². The van der Waals surface area contributed by atoms with E-state index >= 15 is 0 Å². The van der Waals surface area contributed by atoms with E-state index in [9.17, 15) is 4.79 Å². The summed E-state index contributed by atoms with van der Waals surface area (Å²) in [7, 11) is 1.54. The number of aromatic carboxylic acids is 1. The van der Waals surface area contributed by atoms with Crippen LogP contribution in [0.25, 0.3) is 6.08 Å². The fourth-order valence-corrected chi connectivity index (χ4v) is 1.44. The van der Waals surface area contributed by atoms with Crippen molar-refractivity contribution in [1.29, 1.82) is 0 Å². The summed E-state index contributed by atoms with van der Waals surface area (Å²) in [6.07, 6.45) is 3.80. The zero-order valence-electron chi connectivity index (χ0n) is 9.07. The minimum absolute atomic E-state index is 0.248. The molecule has 15 heavy (non-hydrogen) atoms. The third-order valence-electron chi connectivity index (χ3n) is 2.15. The van der Waals surface area contributed by atoms with Gasteiger partial charge in [-0.2, -0.15) is 0 Å². The van der Waals surface area contributed by atoms with Crippen LogP contribution in [-0.2, 0) is 0 Å². The molecule has 0 atom stereocenters. The van der Waals surface area contributed by atoms with Crippen LogP contribution in [0, 0.1) is 6.92 Å². The molecule has 0 aliphatic rings. The molecule has 1 N–H and O–H groups in total. The molecular weight excluding hydrogens is 192 g/mol. The van der Waals surface area contributed by atoms with Crippen molar-refractivity contribution < 1.29 is 14.6 Å². The standard InChI is InChI=1S/C12H14O3/c1-4-5-10-8(2)6-9(12(13)14)7-11(10)15-3/h4-7H,1-3H3,(H,13,14)/b5-4-. The zero-order valence-corrected chi connectivity index (χ0v) is 9.07. The van der Waals surface area contributed by atoms with Crippen LogP contribution in [0.2, 0.25) is 0 Å². The van der Waals surface area contributed by atoms with Crippen LogP contribution in [0.15, 0.2) is 18.2 Å². The minimum atomic E-state index is -0.941. The Labute approximate surface area is 89.0 Å². The van der Waals surface area contributed by atoms with Gasteiger partial charge >= 0.3 is 5.97 Å². The van der Waals surface area contributed by atoms with E-state index in [2.05, 4.69) is 0 Å². The predicted molar refractivity (Wildman–Crippen MR) is 59.4 cm³/mol. The molecule has 0 fully saturated rings. The topological polar surface area (TPSA) is 46.5 Å². The molecule has 3 heteroatoms. The lowest BCUT2D eigenvalue weighted by atomic mass is 10.0. The predicted octanol–water partition coefficient (Wildman–Crippen LogP) is 2.73. The molecule has 0 unspecified atom stereocenters. The fourth-order valence-electron chi connectivity index (χ4n) is 1.44. The average Bonchev–Trinajstić information content (AvgIpc) is 2.20. The molecule has 0 spiro atoms. The van der Waals surface area contributed by atoms with Crippen molar-refractivity contribution in [3.05, 3.63) is 34.9 Å². The molecule has 0 saturated heterocycles. The summed E-state index contributed by atoms with van der Waals surface area (Å²) in [5.74, 6) is -0.353. The number of hydrogen-bond donors (Lipinski definition) is 1. The van der Waals surface area contributed by atoms with Crippen LogP contribution < -0.4 is 4.74 Å². The van der Waals surface area contributed by atoms with Gasteiger partial charge in [0.1, 0.15) is 5.75 Å². The van der Waals surface area contributed by atoms with Gasteiger partial charge in [0, 0.05) is 5.56 Å². The lowest BCUT2D eigenvalue weighted by molar-refractivity contribution is 0.0696. The second-order valence-electron chi connectivity index (χ2n) is 3.21. The molecule has 0 heterocycles. The minimum Gasteiger partial charge on any atom is -0.496 e. The maximum Gasteiger partial charge on any atom is 0.335 e. The first-order valence-corrected chi connectivity index (χ1v) is 4.64. The monoisotopic (exact) mass is 206 g/mol. The fraction of sp³-hybridized carbons (Fsp3) is 0.250. The van der Waals surface area contributed by atoms with Gasteiger partial charge < -0.3 is 9.84 Å². The Balaban J connectivity index is 3.36. The summed E-state index contributed by atoms with van der Waals surface area (Å²) in [6, 6.07) is 3.17. The van der Waals surface area contributed by atoms with E-state index in [4.69, 9.17) is 9.84 Å². The number of hydrogen-bond acceptors (Lipinski definition) is 2. The molecule has 1 rings (SSSR count). The lowest BCUT2D eigenvalue weighted by Crippen LogP contribution is -2.00. The van der Waals surface area contributed by atoms with E-state index < -0.39 is 5.97 Å². The van der Waals surface area contributed by atoms with Crippen LogP contribution in [0.4, 0.5) is 0 Å². The summed E-state index contributed by atoms with van der Waals surface area (Å²) < 4.78 is 5.15. The second-order valence-corrected chi connectivity index (χ2v) is 3.21. The van der Waals surface area contributed by atoms with Crippen molar-refractivity contribution in [3.63, 3.8) is 0 Å². The second kappa shape index (κ2) is 4.64. The first-order chi connectivity index (χ1) is 7.10. The van der Waals surface area contributed by atoms with Crippen LogP contribution in [0.5, 0.6) is 5.75 Å². The molecule has 0 aliphatic heterocycles. The number of ether oxygens (including phenoxy) is 1. The number of allylic oxidation sites excluding steroid dienone is 1. The molecule has 0 aliphatic carbocycles. The quantitative estimate of drug-likeness (QED) is 0.827. The summed E-state index contributed by atoms with van der Waals surface area (Å²) in [5.41, 5.74) is 2.06. The zero-order chi connectivity index (χ0) is 11.4. The molecule has 0 saturated carbocycles. The smallest absolute Gasteiger partial charge is 0.335 e. The molecule has 0 bridgehead atoms. The Morgan fingerprint density at radius 3 is 2.60 bits per heavy atom. The van der Waals surface area contributed by atoms with Crippen LogP contribution in [0.1, 0.15) is 28.4 Å². The van der Waals surface area contributed by atoms with Crippen molar-refractivity contribution in [2.75, 3.05) is 7.11 Å². The average molecular weight is 206 g/mol. The highest BCUT2D eigenvalue weighted by atomic mass is 16.5. The summed E-state index contributed by atoms with van der Waals surface area (Å²) >= 11 is 0. The van der Waals surface area contributed by atoms with Crippen LogP contribution >= 0.6 is 0 Å². The molecule has 1 aromatic rings. The number of benzene rings is 1. The largest absolute Gasteiger partial charge is 0.496 e. The number of carboxylic acid groups (broad SMARTS) is 1. The van der Waals surface area contributed by atoms with E-state index in [0.29, 0.717) is 5.75 Å². The SMILES string of the molecule is C/C=C\c1c(C)cc(C(=O)O)cc1OC. The Morgan fingerprint density at radius 2 is 2.13 bits per heavy atom. The summed E-state index contributed by atoms with van der Waals surface area (Å²) in [6.45, 7) is 3.77. The van der Waals surface area contributed by atoms with Crippen molar-refractivity contribution in [1.82, 2.24) is 0 Å². The van der Waals surface area contributed by atoms with Crippen LogP contribution in [0.3, 0.4) is 0 Å². The lowest BCUT2D eigenvalue weighted by Gasteiger charge is -2.09. The van der Waals surface area contributed by atoms with Crippen molar-refractivity contribution in [2.45, 2.75) is 13.8 Å². The van der Waals surface area contributed by atoms with E-state index in [1.165, 1.54) is 13.2 Å². The summed E-state index contributed by atoms with van der Waals surface area (Å²) in [4.78, 5) is 10.8. The summed E-state index contributed by atoms with van der Waals surface area (Å²) in [5, 5.41) is 8.88. The van der Waals surface area contributed by atoms with Gasteiger partial charge in [0.15, 0.2) is 0 Å². The molecule has 3 nitrogen and oxygen atoms in total. The van der Waals surface area contributed by atoms with Gasteiger partial charge in [-0.15, -0.1) is 0 Å². The van der Waals surface area contributed by atoms with Gasteiger partial charge in [0.05, 0.1) is 12.7 Å². The normalized spacial score (nSPS) is 10.6. The maximum atomic E-state index is 10.8. The molecule has 0 aromatic heterocycles. The van der Waals surface area contributed by atoms with Gasteiger partial charge in [-0.25, -0.2) is 4.79 Å². The number of carbonyl (C=O) groups is 1. The Hall–Kier alpha value is -1.77. The van der Waals surface area contributed by atoms with E-state index in [-0.39, 0.29) is 5.56 Å². The van der Waals surface area contributed by atoms with Gasteiger partial charge in [0.2, 0.25) is 0 Å². The van der Waals surface area contributed by atoms with Gasteiger partial charge in [0.25, 0.3) is 0 Å². The van der Waals surface area contributed by atoms with Crippen molar-refractivity contribution in [3.8, 4) is 5.75 Å². The highest BCUT2D eigenvalue weighted by Crippen LogP contribution is 2.25. The van der Waals surface area contributed by atoms with Gasteiger partial charge in [-0.3, -0.25) is 0 Å². The molecule has 0 radical (unpaired) electrons. The van der Waals surface area contributed by atoms with E-state index in [1.807, 2.05) is 26.0 Å². The Morgan fingerprint density at radius 1 is 1.47 bits per heavy atom. The molecule has 1 aromatic carbocycles. The van der Waals surface area contributed by atoms with Crippen LogP contribution in [-0.4, -0.2) is 18.2 Å². The van der Waals surface area contributed by atoms with Gasteiger partial charge in [-0.1, -0.05) is 12.2 Å². The Kier molecular flexibility index (Phi) is 3.50. The van der Waals surface area contributed by atoms with E-state index in [0.717, 1.165) is 11.1 Å². The number of methoxy groups -OCH3 is 1. The first-order valence-electron chi connectivity index (χ1n) is 4.64. The highest BCUT2D eigenvalue weighted by molar-refractivity contribution is 5.89. The van der Waals surface area contributed by atoms with Crippen molar-refractivity contribution >= 4 is 12.0 Å². The Bertz CT molecular complexity index is 406. The van der Waals surface area contributed by atoms with Gasteiger partial charge in [-0.05, 0) is 31.5 Å².